The standard InChI is InChI=1S/C6H14S3/c1-2-3-4-5-6-8-9-7/h7H,2-6H2,1H3. The highest BCUT2D eigenvalue weighted by atomic mass is 33.5. The van der Waals surface area contributed by atoms with Crippen molar-refractivity contribution in [3.63, 3.8) is 0 Å². The molecule has 0 aromatic rings. The molecular weight excluding hydrogens is 168 g/mol. The first-order valence-corrected chi connectivity index (χ1v) is 6.72. The van der Waals surface area contributed by atoms with Crippen LogP contribution < -0.4 is 0 Å². The van der Waals surface area contributed by atoms with Gasteiger partial charge in [0.05, 0.1) is 0 Å². The minimum Gasteiger partial charge on any atom is -0.0997 e. The third kappa shape index (κ3) is 9.05. The van der Waals surface area contributed by atoms with Crippen molar-refractivity contribution in [1.29, 1.82) is 0 Å². The normalized spacial score (nSPS) is 10.0. The largest absolute Gasteiger partial charge is 0.0997 e. The molecule has 0 N–H and O–H groups in total. The molecule has 0 spiro atoms. The van der Waals surface area contributed by atoms with Crippen LogP contribution in [0.4, 0.5) is 0 Å². The molecule has 0 fully saturated rings. The van der Waals surface area contributed by atoms with Crippen LogP contribution in [0, 0.1) is 0 Å². The molecule has 0 aliphatic carbocycles. The molecule has 0 bridgehead atoms. The van der Waals surface area contributed by atoms with E-state index >= 15 is 0 Å². The fraction of sp³-hybridized carbons (Fsp3) is 1.00. The van der Waals surface area contributed by atoms with Gasteiger partial charge in [0.25, 0.3) is 0 Å². The topological polar surface area (TPSA) is 0 Å². The third-order valence-corrected chi connectivity index (χ3v) is 3.46. The van der Waals surface area contributed by atoms with Gasteiger partial charge in [-0.3, -0.25) is 0 Å². The van der Waals surface area contributed by atoms with Gasteiger partial charge >= 0.3 is 0 Å². The summed E-state index contributed by atoms with van der Waals surface area (Å²) in [6.45, 7) is 2.24. The first-order chi connectivity index (χ1) is 4.41. The molecule has 0 aliphatic rings. The highest BCUT2D eigenvalue weighted by molar-refractivity contribution is 9.05. The summed E-state index contributed by atoms with van der Waals surface area (Å²) in [5.41, 5.74) is 0. The van der Waals surface area contributed by atoms with Gasteiger partial charge < -0.3 is 0 Å². The summed E-state index contributed by atoms with van der Waals surface area (Å²) in [5.74, 6) is 1.26. The number of rotatable bonds is 6. The molecule has 0 aliphatic heterocycles. The molecular formula is C6H14S3. The van der Waals surface area contributed by atoms with Gasteiger partial charge in [0.2, 0.25) is 0 Å². The van der Waals surface area contributed by atoms with E-state index in [2.05, 4.69) is 18.6 Å². The first-order valence-electron chi connectivity index (χ1n) is 3.35. The average molecular weight is 182 g/mol. The molecule has 0 nitrogen and oxygen atoms in total. The van der Waals surface area contributed by atoms with Crippen LogP contribution in [0.5, 0.6) is 0 Å². The van der Waals surface area contributed by atoms with E-state index in [9.17, 15) is 0 Å². The lowest BCUT2D eigenvalue weighted by Gasteiger charge is -1.95. The lowest BCUT2D eigenvalue weighted by Crippen LogP contribution is -1.76. The van der Waals surface area contributed by atoms with Crippen molar-refractivity contribution < 1.29 is 0 Å². The summed E-state index contributed by atoms with van der Waals surface area (Å²) >= 11 is 4.03. The lowest BCUT2D eigenvalue weighted by atomic mass is 10.2. The maximum atomic E-state index is 4.03. The minimum atomic E-state index is 1.26. The molecule has 56 valence electrons. The maximum absolute atomic E-state index is 4.03. The van der Waals surface area contributed by atoms with Crippen LogP contribution in [0.3, 0.4) is 0 Å². The van der Waals surface area contributed by atoms with Gasteiger partial charge in [0.15, 0.2) is 0 Å². The Hall–Kier alpha value is 1.05. The Labute approximate surface area is 70.8 Å². The minimum absolute atomic E-state index is 1.26. The monoisotopic (exact) mass is 182 g/mol. The van der Waals surface area contributed by atoms with Crippen molar-refractivity contribution in [2.24, 2.45) is 0 Å². The van der Waals surface area contributed by atoms with Gasteiger partial charge in [0, 0.05) is 5.75 Å². The Balaban J connectivity index is 2.60. The molecule has 9 heavy (non-hydrogen) atoms. The summed E-state index contributed by atoms with van der Waals surface area (Å²) in [5, 5.41) is 0. The average Bonchev–Trinajstić information content (AvgIpc) is 1.89. The second-order valence-electron chi connectivity index (χ2n) is 1.96. The number of hydrogen-bond donors (Lipinski definition) is 1. The van der Waals surface area contributed by atoms with Crippen LogP contribution >= 0.6 is 32.3 Å². The predicted octanol–water partition coefficient (Wildman–Crippen LogP) is 3.79. The Bertz CT molecular complexity index is 41.6. The van der Waals surface area contributed by atoms with E-state index < -0.39 is 0 Å². The van der Waals surface area contributed by atoms with Crippen molar-refractivity contribution in [2.45, 2.75) is 32.6 Å². The van der Waals surface area contributed by atoms with E-state index in [1.807, 2.05) is 10.8 Å². The van der Waals surface area contributed by atoms with Crippen molar-refractivity contribution in [2.75, 3.05) is 5.75 Å². The lowest BCUT2D eigenvalue weighted by molar-refractivity contribution is 0.707. The number of thiol groups is 1. The summed E-state index contributed by atoms with van der Waals surface area (Å²) in [7, 11) is 3.41. The van der Waals surface area contributed by atoms with Crippen molar-refractivity contribution in [1.82, 2.24) is 0 Å². The van der Waals surface area contributed by atoms with Gasteiger partial charge in [-0.15, -0.1) is 0 Å². The molecule has 0 atom stereocenters. The summed E-state index contributed by atoms with van der Waals surface area (Å²) < 4.78 is 0. The fourth-order valence-corrected chi connectivity index (χ4v) is 2.27. The van der Waals surface area contributed by atoms with E-state index in [-0.39, 0.29) is 0 Å². The summed E-state index contributed by atoms with van der Waals surface area (Å²) in [6, 6.07) is 0. The Morgan fingerprint density at radius 1 is 1.22 bits per heavy atom. The highest BCUT2D eigenvalue weighted by Gasteiger charge is 1.86. The molecule has 0 unspecified atom stereocenters. The Kier molecular flexibility index (Phi) is 10.1. The molecule has 0 heterocycles. The van der Waals surface area contributed by atoms with Gasteiger partial charge in [-0.1, -0.05) is 48.6 Å². The van der Waals surface area contributed by atoms with Crippen LogP contribution in [0.25, 0.3) is 0 Å². The van der Waals surface area contributed by atoms with Crippen molar-refractivity contribution >= 4 is 32.3 Å². The SMILES string of the molecule is CCCCCCSSS. The Morgan fingerprint density at radius 2 is 2.00 bits per heavy atom. The summed E-state index contributed by atoms with van der Waals surface area (Å²) in [4.78, 5) is 0. The third-order valence-electron chi connectivity index (χ3n) is 1.13. The first kappa shape index (κ1) is 10.0. The molecule has 0 saturated heterocycles. The highest BCUT2D eigenvalue weighted by Crippen LogP contribution is 2.25. The van der Waals surface area contributed by atoms with E-state index in [1.165, 1.54) is 31.4 Å². The van der Waals surface area contributed by atoms with Gasteiger partial charge in [-0.2, -0.15) is 0 Å². The van der Waals surface area contributed by atoms with Crippen LogP contribution in [0.1, 0.15) is 32.6 Å². The fourth-order valence-electron chi connectivity index (χ4n) is 0.625. The quantitative estimate of drug-likeness (QED) is 0.377. The molecule has 3 heteroatoms. The smallest absolute Gasteiger partial charge is 0.00450 e. The van der Waals surface area contributed by atoms with Crippen molar-refractivity contribution in [3.8, 4) is 0 Å². The zero-order valence-electron chi connectivity index (χ0n) is 5.80. The molecule has 0 aromatic carbocycles. The van der Waals surface area contributed by atoms with E-state index in [4.69, 9.17) is 0 Å². The summed E-state index contributed by atoms with van der Waals surface area (Å²) in [6.07, 6.45) is 5.46. The number of hydrogen-bond acceptors (Lipinski definition) is 3. The van der Waals surface area contributed by atoms with Crippen LogP contribution in [-0.2, 0) is 0 Å². The molecule has 0 aromatic heterocycles. The maximum Gasteiger partial charge on any atom is 0.00450 e. The second kappa shape index (κ2) is 9.05. The molecule has 0 saturated carbocycles. The van der Waals surface area contributed by atoms with Crippen molar-refractivity contribution in [3.05, 3.63) is 0 Å². The van der Waals surface area contributed by atoms with E-state index in [0.717, 1.165) is 0 Å². The predicted molar refractivity (Wildman–Crippen MR) is 53.2 cm³/mol. The molecule has 0 amide bonds. The van der Waals surface area contributed by atoms with E-state index in [0.29, 0.717) is 0 Å². The van der Waals surface area contributed by atoms with Crippen LogP contribution in [0.2, 0.25) is 0 Å². The number of unbranched alkanes of at least 4 members (excludes halogenated alkanes) is 3. The van der Waals surface area contributed by atoms with Gasteiger partial charge in [0.1, 0.15) is 0 Å². The second-order valence-corrected chi connectivity index (χ2v) is 5.25. The molecule has 0 radical (unpaired) electrons. The van der Waals surface area contributed by atoms with Gasteiger partial charge in [-0.05, 0) is 16.2 Å². The van der Waals surface area contributed by atoms with Crippen LogP contribution in [-0.4, -0.2) is 5.75 Å². The van der Waals surface area contributed by atoms with Crippen LogP contribution in [0.15, 0.2) is 0 Å². The molecule has 0 rings (SSSR count). The zero-order valence-corrected chi connectivity index (χ0v) is 8.33. The Morgan fingerprint density at radius 3 is 2.56 bits per heavy atom. The zero-order chi connectivity index (χ0) is 6.95. The van der Waals surface area contributed by atoms with E-state index in [1.54, 1.807) is 9.83 Å². The van der Waals surface area contributed by atoms with Gasteiger partial charge in [-0.25, -0.2) is 0 Å².